The molecule has 1 aliphatic heterocycles. The van der Waals surface area contributed by atoms with E-state index in [1.54, 1.807) is 14.2 Å². The molecule has 0 spiro atoms. The van der Waals surface area contributed by atoms with E-state index in [0.29, 0.717) is 12.6 Å². The van der Waals surface area contributed by atoms with Gasteiger partial charge in [0.2, 0.25) is 0 Å². The van der Waals surface area contributed by atoms with Gasteiger partial charge in [-0.3, -0.25) is 0 Å². The Kier molecular flexibility index (Phi) is 6.56. The molecule has 2 amide bonds. The van der Waals surface area contributed by atoms with Crippen LogP contribution < -0.4 is 14.8 Å². The summed E-state index contributed by atoms with van der Waals surface area (Å²) in [5.41, 5.74) is 1.18. The number of nitrogens with one attached hydrogen (secondary N) is 1. The van der Waals surface area contributed by atoms with Crippen LogP contribution in [0.15, 0.2) is 18.2 Å². The van der Waals surface area contributed by atoms with E-state index >= 15 is 0 Å². The Morgan fingerprint density at radius 2 is 2.04 bits per heavy atom. The largest absolute Gasteiger partial charge is 0.493 e. The average Bonchev–Trinajstić information content (AvgIpc) is 2.58. The number of piperidine rings is 1. The van der Waals surface area contributed by atoms with E-state index in [1.807, 2.05) is 23.1 Å². The van der Waals surface area contributed by atoms with E-state index in [9.17, 15) is 4.79 Å². The molecule has 1 fully saturated rings. The van der Waals surface area contributed by atoms with Crippen LogP contribution in [0.4, 0.5) is 4.79 Å². The number of rotatable bonds is 6. The zero-order valence-electron chi connectivity index (χ0n) is 14.4. The Morgan fingerprint density at radius 3 is 2.74 bits per heavy atom. The molecular formula is C18H28N2O3. The zero-order chi connectivity index (χ0) is 16.7. The maximum atomic E-state index is 12.2. The van der Waals surface area contributed by atoms with Crippen molar-refractivity contribution < 1.29 is 14.3 Å². The smallest absolute Gasteiger partial charge is 0.317 e. The second kappa shape index (κ2) is 8.65. The lowest BCUT2D eigenvalue weighted by atomic mass is 10.0. The molecule has 1 atom stereocenters. The lowest BCUT2D eigenvalue weighted by molar-refractivity contribution is 0.158. The molecule has 128 valence electrons. The molecule has 0 bridgehead atoms. The molecule has 23 heavy (non-hydrogen) atoms. The fraction of sp³-hybridized carbons (Fsp3) is 0.611. The fourth-order valence-corrected chi connectivity index (χ4v) is 3.03. The van der Waals surface area contributed by atoms with Crippen LogP contribution in [0.25, 0.3) is 0 Å². The van der Waals surface area contributed by atoms with Crippen molar-refractivity contribution in [2.75, 3.05) is 27.3 Å². The summed E-state index contributed by atoms with van der Waals surface area (Å²) in [6, 6.07) is 6.38. The molecule has 0 radical (unpaired) electrons. The predicted molar refractivity (Wildman–Crippen MR) is 91.3 cm³/mol. The molecule has 0 aromatic heterocycles. The highest BCUT2D eigenvalue weighted by molar-refractivity contribution is 5.74. The number of amides is 2. The number of nitrogens with zero attached hydrogens (tertiary/aromatic N) is 1. The van der Waals surface area contributed by atoms with E-state index in [4.69, 9.17) is 9.47 Å². The minimum absolute atomic E-state index is 0.0736. The number of hydrogen-bond donors (Lipinski definition) is 1. The van der Waals surface area contributed by atoms with Gasteiger partial charge >= 0.3 is 6.03 Å². The van der Waals surface area contributed by atoms with E-state index < -0.39 is 0 Å². The van der Waals surface area contributed by atoms with Crippen LogP contribution in [-0.2, 0) is 6.42 Å². The number of carbonyl (C=O) groups is 1. The molecule has 1 unspecified atom stereocenters. The number of urea groups is 1. The minimum atomic E-state index is 0.0736. The quantitative estimate of drug-likeness (QED) is 0.819. The molecule has 2 rings (SSSR count). The van der Waals surface area contributed by atoms with Crippen LogP contribution >= 0.6 is 0 Å². The van der Waals surface area contributed by atoms with Crippen molar-refractivity contribution in [3.05, 3.63) is 23.8 Å². The molecule has 1 N–H and O–H groups in total. The van der Waals surface area contributed by atoms with E-state index in [1.165, 1.54) is 12.0 Å². The van der Waals surface area contributed by atoms with Crippen LogP contribution in [0, 0.1) is 0 Å². The number of methoxy groups -OCH3 is 2. The highest BCUT2D eigenvalue weighted by atomic mass is 16.5. The van der Waals surface area contributed by atoms with Gasteiger partial charge in [-0.1, -0.05) is 6.07 Å². The van der Waals surface area contributed by atoms with Crippen LogP contribution in [0.1, 0.15) is 38.2 Å². The van der Waals surface area contributed by atoms with Gasteiger partial charge in [-0.15, -0.1) is 0 Å². The number of carbonyl (C=O) groups excluding carboxylic acids is 1. The Bertz CT molecular complexity index is 519. The predicted octanol–water partition coefficient (Wildman–Crippen LogP) is 3.22. The van der Waals surface area contributed by atoms with Crippen LogP contribution in [0.2, 0.25) is 0 Å². The van der Waals surface area contributed by atoms with Crippen LogP contribution in [-0.4, -0.2) is 44.3 Å². The van der Waals surface area contributed by atoms with Crippen LogP contribution in [0.5, 0.6) is 11.5 Å². The van der Waals surface area contributed by atoms with E-state index in [-0.39, 0.29) is 6.03 Å². The van der Waals surface area contributed by atoms with Gasteiger partial charge in [-0.05, 0) is 56.7 Å². The molecule has 1 aromatic rings. The third-order valence-electron chi connectivity index (χ3n) is 4.43. The molecular weight excluding hydrogens is 292 g/mol. The number of likely N-dealkylation sites (tertiary alicyclic amines) is 1. The number of hydrogen-bond acceptors (Lipinski definition) is 3. The summed E-state index contributed by atoms with van der Waals surface area (Å²) in [5, 5.41) is 3.04. The molecule has 0 aliphatic carbocycles. The third-order valence-corrected chi connectivity index (χ3v) is 4.43. The summed E-state index contributed by atoms with van der Waals surface area (Å²) in [7, 11) is 3.27. The van der Waals surface area contributed by atoms with Gasteiger partial charge in [-0.2, -0.15) is 0 Å². The highest BCUT2D eigenvalue weighted by Crippen LogP contribution is 2.27. The van der Waals surface area contributed by atoms with Crippen molar-refractivity contribution in [3.8, 4) is 11.5 Å². The monoisotopic (exact) mass is 320 g/mol. The lowest BCUT2D eigenvalue weighted by Gasteiger charge is -2.33. The summed E-state index contributed by atoms with van der Waals surface area (Å²) >= 11 is 0. The average molecular weight is 320 g/mol. The first-order valence-electron chi connectivity index (χ1n) is 8.41. The first-order valence-corrected chi connectivity index (χ1v) is 8.41. The van der Waals surface area contributed by atoms with E-state index in [0.717, 1.165) is 43.7 Å². The molecule has 5 nitrogen and oxygen atoms in total. The molecule has 1 aliphatic rings. The maximum Gasteiger partial charge on any atom is 0.317 e. The fourth-order valence-electron chi connectivity index (χ4n) is 3.03. The highest BCUT2D eigenvalue weighted by Gasteiger charge is 2.22. The minimum Gasteiger partial charge on any atom is -0.493 e. The summed E-state index contributed by atoms with van der Waals surface area (Å²) in [4.78, 5) is 14.1. The van der Waals surface area contributed by atoms with Crippen molar-refractivity contribution in [2.45, 2.75) is 45.1 Å². The Balaban J connectivity index is 1.75. The van der Waals surface area contributed by atoms with Crippen molar-refractivity contribution in [1.29, 1.82) is 0 Å². The second-order valence-electron chi connectivity index (χ2n) is 6.06. The summed E-state index contributed by atoms with van der Waals surface area (Å²) in [5.74, 6) is 1.49. The van der Waals surface area contributed by atoms with Crippen molar-refractivity contribution in [1.82, 2.24) is 10.2 Å². The first kappa shape index (κ1) is 17.4. The normalized spacial score (nSPS) is 17.7. The number of ether oxygens (including phenoxy) is 2. The van der Waals surface area contributed by atoms with Crippen molar-refractivity contribution >= 4 is 6.03 Å². The van der Waals surface area contributed by atoms with Crippen LogP contribution in [0.3, 0.4) is 0 Å². The maximum absolute atomic E-state index is 12.2. The standard InChI is InChI=1S/C18H28N2O3/c1-14-7-4-5-12-20(14)18(21)19-11-6-8-15-9-10-16(22-2)17(13-15)23-3/h9-10,13-14H,4-8,11-12H2,1-3H3,(H,19,21). The summed E-state index contributed by atoms with van der Waals surface area (Å²) in [6.07, 6.45) is 5.26. The first-order chi connectivity index (χ1) is 11.2. The SMILES string of the molecule is COc1ccc(CCCNC(=O)N2CCCCC2C)cc1OC. The molecule has 0 saturated carbocycles. The van der Waals surface area contributed by atoms with Gasteiger partial charge in [-0.25, -0.2) is 4.79 Å². The second-order valence-corrected chi connectivity index (χ2v) is 6.06. The summed E-state index contributed by atoms with van der Waals surface area (Å²) in [6.45, 7) is 3.70. The molecule has 5 heteroatoms. The molecule has 1 saturated heterocycles. The van der Waals surface area contributed by atoms with Gasteiger partial charge in [0.15, 0.2) is 11.5 Å². The van der Waals surface area contributed by atoms with Gasteiger partial charge in [0, 0.05) is 19.1 Å². The Hall–Kier alpha value is -1.91. The van der Waals surface area contributed by atoms with Gasteiger partial charge in [0.25, 0.3) is 0 Å². The molecule has 1 heterocycles. The number of benzene rings is 1. The van der Waals surface area contributed by atoms with Gasteiger partial charge < -0.3 is 19.7 Å². The Morgan fingerprint density at radius 1 is 1.26 bits per heavy atom. The van der Waals surface area contributed by atoms with Crippen molar-refractivity contribution in [2.24, 2.45) is 0 Å². The van der Waals surface area contributed by atoms with Crippen molar-refractivity contribution in [3.63, 3.8) is 0 Å². The van der Waals surface area contributed by atoms with Gasteiger partial charge in [0.05, 0.1) is 14.2 Å². The van der Waals surface area contributed by atoms with E-state index in [2.05, 4.69) is 12.2 Å². The zero-order valence-corrected chi connectivity index (χ0v) is 14.4. The lowest BCUT2D eigenvalue weighted by Crippen LogP contribution is -2.47. The summed E-state index contributed by atoms with van der Waals surface area (Å²) < 4.78 is 10.5. The van der Waals surface area contributed by atoms with Gasteiger partial charge in [0.1, 0.15) is 0 Å². The number of aryl methyl sites for hydroxylation is 1. The molecule has 1 aromatic carbocycles. The third kappa shape index (κ3) is 4.78. The Labute approximate surface area is 139 Å². The topological polar surface area (TPSA) is 50.8 Å².